The number of hydrogen-bond donors (Lipinski definition) is 2. The maximum atomic E-state index is 11.9. The lowest BCUT2D eigenvalue weighted by Crippen LogP contribution is -2.35. The van der Waals surface area contributed by atoms with Crippen LogP contribution in [0.4, 0.5) is 4.79 Å². The molecule has 0 aromatic heterocycles. The second-order valence-corrected chi connectivity index (χ2v) is 8.82. The monoisotopic (exact) mass is 357 g/mol. The molecule has 2 N–H and O–H groups in total. The molecular weight excluding hydrogens is 318 g/mol. The van der Waals surface area contributed by atoms with Crippen LogP contribution in [0.3, 0.4) is 0 Å². The number of amides is 1. The minimum absolute atomic E-state index is 0.142. The van der Waals surface area contributed by atoms with Crippen LogP contribution in [0, 0.1) is 11.8 Å². The van der Waals surface area contributed by atoms with Crippen LogP contribution in [0.1, 0.15) is 79.1 Å². The molecule has 4 nitrogen and oxygen atoms in total. The summed E-state index contributed by atoms with van der Waals surface area (Å²) < 4.78 is 0. The van der Waals surface area contributed by atoms with E-state index >= 15 is 0 Å². The first-order chi connectivity index (χ1) is 11.6. The van der Waals surface area contributed by atoms with Gasteiger partial charge in [-0.15, -0.1) is 0 Å². The molecule has 24 heavy (non-hydrogen) atoms. The Morgan fingerprint density at radius 3 is 1.92 bits per heavy atom. The molecule has 1 aliphatic rings. The van der Waals surface area contributed by atoms with Crippen molar-refractivity contribution in [1.29, 1.82) is 0 Å². The summed E-state index contributed by atoms with van der Waals surface area (Å²) in [4.78, 5) is 14.5. The van der Waals surface area contributed by atoms with E-state index in [2.05, 4.69) is 43.4 Å². The summed E-state index contributed by atoms with van der Waals surface area (Å²) in [5.41, 5.74) is 7.55. The molecule has 1 amide bonds. The van der Waals surface area contributed by atoms with Gasteiger partial charge >= 0.3 is 0 Å². The number of hydrogen-bond acceptors (Lipinski definition) is 3. The molecule has 0 aliphatic carbocycles. The van der Waals surface area contributed by atoms with Crippen molar-refractivity contribution in [3.8, 4) is 0 Å². The first kappa shape index (κ1) is 21.7. The molecule has 5 heteroatoms. The van der Waals surface area contributed by atoms with Crippen molar-refractivity contribution in [3.05, 3.63) is 0 Å². The molecule has 142 valence electrons. The number of nitrogens with zero attached hydrogens (tertiary/aromatic N) is 1. The number of carbonyl (C=O) groups is 1. The van der Waals surface area contributed by atoms with Gasteiger partial charge in [0, 0.05) is 24.5 Å². The van der Waals surface area contributed by atoms with Gasteiger partial charge in [0.25, 0.3) is 5.24 Å². The van der Waals surface area contributed by atoms with Crippen LogP contribution in [0.2, 0.25) is 0 Å². The van der Waals surface area contributed by atoms with Gasteiger partial charge in [-0.05, 0) is 24.7 Å². The molecule has 0 aromatic rings. The van der Waals surface area contributed by atoms with Crippen molar-refractivity contribution in [1.82, 2.24) is 15.8 Å². The molecule has 1 rings (SSSR count). The Morgan fingerprint density at radius 1 is 1.00 bits per heavy atom. The van der Waals surface area contributed by atoms with Crippen LogP contribution in [-0.2, 0) is 0 Å². The predicted octanol–water partition coefficient (Wildman–Crippen LogP) is 4.94. The molecule has 0 saturated heterocycles. The highest BCUT2D eigenvalue weighted by atomic mass is 32.2. The summed E-state index contributed by atoms with van der Waals surface area (Å²) in [6.07, 6.45) is 10.3. The maximum Gasteiger partial charge on any atom is 0.290 e. The molecule has 1 heterocycles. The van der Waals surface area contributed by atoms with E-state index in [4.69, 9.17) is 0 Å². The third-order valence-corrected chi connectivity index (χ3v) is 6.68. The van der Waals surface area contributed by atoms with Gasteiger partial charge in [-0.25, -0.2) is 5.43 Å². The summed E-state index contributed by atoms with van der Waals surface area (Å²) in [6.45, 7) is 11.4. The van der Waals surface area contributed by atoms with Crippen molar-refractivity contribution in [2.45, 2.75) is 79.1 Å². The number of nitrogens with one attached hydrogen (secondary N) is 2. The topological polar surface area (TPSA) is 44.4 Å². The zero-order chi connectivity index (χ0) is 17.8. The Labute approximate surface area is 152 Å². The molecule has 0 radical (unpaired) electrons. The van der Waals surface area contributed by atoms with E-state index in [-0.39, 0.29) is 15.7 Å². The van der Waals surface area contributed by atoms with Gasteiger partial charge in [-0.1, -0.05) is 76.7 Å². The van der Waals surface area contributed by atoms with Gasteiger partial charge in [0.05, 0.1) is 0 Å². The number of hydrazine groups is 1. The lowest BCUT2D eigenvalue weighted by Gasteiger charge is -2.30. The lowest BCUT2D eigenvalue weighted by molar-refractivity contribution is 0.208. The van der Waals surface area contributed by atoms with Crippen molar-refractivity contribution in [2.75, 3.05) is 19.0 Å². The molecule has 3 atom stereocenters. The third-order valence-electron chi connectivity index (χ3n) is 5.05. The summed E-state index contributed by atoms with van der Waals surface area (Å²) in [5, 5.41) is 0.142. The minimum Gasteiger partial charge on any atom is -0.294 e. The maximum absolute atomic E-state index is 11.9. The normalized spacial score (nSPS) is 20.0. The summed E-state index contributed by atoms with van der Waals surface area (Å²) in [5.74, 6) is 2.40. The second kappa shape index (κ2) is 12.9. The smallest absolute Gasteiger partial charge is 0.290 e. The van der Waals surface area contributed by atoms with Crippen molar-refractivity contribution >= 4 is 21.2 Å². The van der Waals surface area contributed by atoms with E-state index in [9.17, 15) is 4.79 Å². The van der Waals surface area contributed by atoms with Crippen LogP contribution in [0.15, 0.2) is 0 Å². The summed E-state index contributed by atoms with van der Waals surface area (Å²) in [7, 11) is -0.311. The predicted molar refractivity (Wildman–Crippen MR) is 108 cm³/mol. The van der Waals surface area contributed by atoms with E-state index in [1.165, 1.54) is 51.4 Å². The molecule has 0 saturated carbocycles. The zero-order valence-corrected chi connectivity index (χ0v) is 17.1. The Kier molecular flexibility index (Phi) is 11.6. The Bertz CT molecular complexity index is 369. The first-order valence-electron chi connectivity index (χ1n) is 9.95. The number of unbranched alkanes of at least 4 members (excludes halogenated alkanes) is 2. The lowest BCUT2D eigenvalue weighted by atomic mass is 9.96. The zero-order valence-electron chi connectivity index (χ0n) is 16.3. The minimum atomic E-state index is -0.311. The Hall–Kier alpha value is -0.390. The van der Waals surface area contributed by atoms with Crippen molar-refractivity contribution in [2.24, 2.45) is 11.8 Å². The fourth-order valence-corrected chi connectivity index (χ4v) is 4.61. The highest BCUT2D eigenvalue weighted by Crippen LogP contribution is 2.23. The van der Waals surface area contributed by atoms with Gasteiger partial charge in [0.15, 0.2) is 0 Å². The molecule has 0 spiro atoms. The van der Waals surface area contributed by atoms with E-state index < -0.39 is 0 Å². The van der Waals surface area contributed by atoms with E-state index in [1.54, 1.807) is 0 Å². The highest BCUT2D eigenvalue weighted by molar-refractivity contribution is 8.27. The van der Waals surface area contributed by atoms with Gasteiger partial charge < -0.3 is 0 Å². The van der Waals surface area contributed by atoms with Gasteiger partial charge in [0.2, 0.25) is 0 Å². The van der Waals surface area contributed by atoms with Crippen LogP contribution >= 0.6 is 10.5 Å². The third kappa shape index (κ3) is 8.13. The first-order valence-corrected chi connectivity index (χ1v) is 11.4. The van der Waals surface area contributed by atoms with Crippen LogP contribution in [0.25, 0.3) is 0 Å². The van der Waals surface area contributed by atoms with Crippen molar-refractivity contribution < 1.29 is 4.79 Å². The molecule has 1 aliphatic heterocycles. The fourth-order valence-electron chi connectivity index (χ4n) is 3.32. The average Bonchev–Trinajstić information content (AvgIpc) is 2.99. The SMILES string of the molecule is CCCCC(CC)CN(CC(CC)CCCC)CS1=CNNC1=O. The Morgan fingerprint density at radius 2 is 1.54 bits per heavy atom. The molecule has 0 bridgehead atoms. The van der Waals surface area contributed by atoms with Gasteiger partial charge in [-0.2, -0.15) is 0 Å². The average molecular weight is 358 g/mol. The van der Waals surface area contributed by atoms with Gasteiger partial charge in [0.1, 0.15) is 0 Å². The largest absolute Gasteiger partial charge is 0.294 e. The molecular formula is C19H39N3OS. The second-order valence-electron chi connectivity index (χ2n) is 7.10. The number of rotatable bonds is 14. The molecule has 3 unspecified atom stereocenters. The molecule has 0 aromatic carbocycles. The summed E-state index contributed by atoms with van der Waals surface area (Å²) >= 11 is 0. The van der Waals surface area contributed by atoms with Crippen LogP contribution in [0.5, 0.6) is 0 Å². The van der Waals surface area contributed by atoms with E-state index in [0.29, 0.717) is 0 Å². The van der Waals surface area contributed by atoms with Crippen LogP contribution in [-0.4, -0.2) is 34.6 Å². The van der Waals surface area contributed by atoms with Crippen molar-refractivity contribution in [3.63, 3.8) is 0 Å². The number of carbonyl (C=O) groups excluding carboxylic acids is 1. The standard InChI is InChI=1S/C19H39N3OS/c1-5-9-11-17(7-3)13-22(14-18(8-4)12-10-6-2)16-24-15-20-21-19(24)23/h15,17-18,20H,5-14,16H2,1-4H3,(H,21,23). The quantitative estimate of drug-likeness (QED) is 0.433. The summed E-state index contributed by atoms with van der Waals surface area (Å²) in [6, 6.07) is 0. The Balaban J connectivity index is 2.67. The van der Waals surface area contributed by atoms with Gasteiger partial charge in [-0.3, -0.25) is 15.1 Å². The van der Waals surface area contributed by atoms with E-state index in [0.717, 1.165) is 30.8 Å². The fraction of sp³-hybridized carbons (Fsp3) is 0.895. The highest BCUT2D eigenvalue weighted by Gasteiger charge is 2.21. The molecule has 0 fully saturated rings. The van der Waals surface area contributed by atoms with Crippen LogP contribution < -0.4 is 10.9 Å². The van der Waals surface area contributed by atoms with E-state index in [1.807, 2.05) is 5.49 Å².